The fourth-order valence-electron chi connectivity index (χ4n) is 2.71. The molecule has 32 heavy (non-hydrogen) atoms. The van der Waals surface area contributed by atoms with Gasteiger partial charge in [0, 0.05) is 11.8 Å². The highest BCUT2D eigenvalue weighted by Crippen LogP contribution is 2.29. The van der Waals surface area contributed by atoms with E-state index in [1.807, 2.05) is 39.0 Å². The summed E-state index contributed by atoms with van der Waals surface area (Å²) in [6.07, 6.45) is 5.21. The average Bonchev–Trinajstić information content (AvgIpc) is 2.78. The third kappa shape index (κ3) is 8.46. The molecule has 0 spiro atoms. The smallest absolute Gasteiger partial charge is 0.338 e. The first-order chi connectivity index (χ1) is 15.4. The van der Waals surface area contributed by atoms with Crippen LogP contribution in [0.5, 0.6) is 11.5 Å². The Balaban J connectivity index is 1.96. The average molecular weight is 440 g/mol. The molecular formula is C26H33NO5. The first kappa shape index (κ1) is 25.0. The van der Waals surface area contributed by atoms with Crippen LogP contribution in [-0.4, -0.2) is 31.7 Å². The maximum atomic E-state index is 12.3. The van der Waals surface area contributed by atoms with E-state index in [1.165, 1.54) is 6.08 Å². The second-order valence-electron chi connectivity index (χ2n) is 7.73. The first-order valence-electron chi connectivity index (χ1n) is 11.1. The van der Waals surface area contributed by atoms with Gasteiger partial charge in [-0.05, 0) is 67.3 Å². The molecule has 0 unspecified atom stereocenters. The van der Waals surface area contributed by atoms with Crippen molar-refractivity contribution in [1.29, 1.82) is 0 Å². The minimum atomic E-state index is -0.372. The van der Waals surface area contributed by atoms with E-state index < -0.39 is 0 Å². The van der Waals surface area contributed by atoms with E-state index in [-0.39, 0.29) is 17.8 Å². The summed E-state index contributed by atoms with van der Waals surface area (Å²) in [7, 11) is 0. The topological polar surface area (TPSA) is 73.9 Å². The van der Waals surface area contributed by atoms with Gasteiger partial charge in [0.15, 0.2) is 11.5 Å². The van der Waals surface area contributed by atoms with Crippen molar-refractivity contribution in [1.82, 2.24) is 0 Å². The predicted octanol–water partition coefficient (Wildman–Crippen LogP) is 5.73. The number of hydrogen-bond acceptors (Lipinski definition) is 5. The van der Waals surface area contributed by atoms with Gasteiger partial charge in [0.2, 0.25) is 5.91 Å². The summed E-state index contributed by atoms with van der Waals surface area (Å²) < 4.78 is 16.7. The van der Waals surface area contributed by atoms with Gasteiger partial charge in [0.25, 0.3) is 0 Å². The molecule has 2 rings (SSSR count). The Morgan fingerprint density at radius 1 is 1.00 bits per heavy atom. The Labute approximate surface area is 190 Å². The molecule has 2 aromatic rings. The molecule has 0 aliphatic carbocycles. The molecule has 0 saturated heterocycles. The van der Waals surface area contributed by atoms with Gasteiger partial charge in [-0.2, -0.15) is 0 Å². The molecule has 6 heteroatoms. The van der Waals surface area contributed by atoms with E-state index >= 15 is 0 Å². The third-order valence-electron chi connectivity index (χ3n) is 4.39. The maximum absolute atomic E-state index is 12.3. The first-order valence-corrected chi connectivity index (χ1v) is 11.1. The van der Waals surface area contributed by atoms with E-state index in [1.54, 1.807) is 30.3 Å². The summed E-state index contributed by atoms with van der Waals surface area (Å²) >= 11 is 0. The van der Waals surface area contributed by atoms with Gasteiger partial charge in [0.05, 0.1) is 25.4 Å². The monoisotopic (exact) mass is 439 g/mol. The number of carbonyl (C=O) groups is 2. The molecule has 0 heterocycles. The summed E-state index contributed by atoms with van der Waals surface area (Å²) in [5.41, 5.74) is 1.87. The maximum Gasteiger partial charge on any atom is 0.338 e. The fourth-order valence-corrected chi connectivity index (χ4v) is 2.71. The van der Waals surface area contributed by atoms with Gasteiger partial charge in [-0.3, -0.25) is 4.79 Å². The highest BCUT2D eigenvalue weighted by Gasteiger charge is 2.09. The van der Waals surface area contributed by atoms with Crippen LogP contribution < -0.4 is 14.8 Å². The summed E-state index contributed by atoms with van der Waals surface area (Å²) in [4.78, 5) is 24.3. The van der Waals surface area contributed by atoms with E-state index in [2.05, 4.69) is 12.2 Å². The van der Waals surface area contributed by atoms with Crippen molar-refractivity contribution in [3.8, 4) is 11.5 Å². The van der Waals surface area contributed by atoms with Crippen molar-refractivity contribution in [3.05, 3.63) is 59.7 Å². The minimum absolute atomic E-state index is 0.277. The lowest BCUT2D eigenvalue weighted by atomic mass is 10.1. The molecule has 172 valence electrons. The normalized spacial score (nSPS) is 10.9. The molecule has 1 N–H and O–H groups in total. The van der Waals surface area contributed by atoms with Crippen LogP contribution in [0.1, 0.15) is 56.5 Å². The number of esters is 1. The molecule has 6 nitrogen and oxygen atoms in total. The van der Waals surface area contributed by atoms with Crippen molar-refractivity contribution in [2.75, 3.05) is 25.1 Å². The summed E-state index contributed by atoms with van der Waals surface area (Å²) in [6.45, 7) is 9.53. The van der Waals surface area contributed by atoms with Crippen LogP contribution in [0, 0.1) is 5.92 Å². The Morgan fingerprint density at radius 2 is 1.75 bits per heavy atom. The number of unbranched alkanes of at least 4 members (excludes halogenated alkanes) is 1. The highest BCUT2D eigenvalue weighted by atomic mass is 16.5. The van der Waals surface area contributed by atoms with Crippen LogP contribution in [0.3, 0.4) is 0 Å². The SMILES string of the molecule is CCCCOc1ccc(/C=C/C(=O)Nc2ccc(C(=O)OCC(C)C)cc2)cc1OCC. The van der Waals surface area contributed by atoms with Crippen molar-refractivity contribution in [3.63, 3.8) is 0 Å². The molecule has 0 aromatic heterocycles. The molecule has 0 saturated carbocycles. The zero-order valence-electron chi connectivity index (χ0n) is 19.4. The molecule has 0 atom stereocenters. The lowest BCUT2D eigenvalue weighted by Gasteiger charge is -2.12. The Bertz CT molecular complexity index is 903. The van der Waals surface area contributed by atoms with E-state index in [0.29, 0.717) is 42.6 Å². The van der Waals surface area contributed by atoms with Crippen LogP contribution in [-0.2, 0) is 9.53 Å². The van der Waals surface area contributed by atoms with Crippen LogP contribution in [0.25, 0.3) is 6.08 Å². The Hall–Kier alpha value is -3.28. The number of rotatable bonds is 12. The minimum Gasteiger partial charge on any atom is -0.490 e. The molecule has 0 radical (unpaired) electrons. The van der Waals surface area contributed by atoms with Gasteiger partial charge < -0.3 is 19.5 Å². The number of benzene rings is 2. The number of anilines is 1. The number of hydrogen-bond donors (Lipinski definition) is 1. The highest BCUT2D eigenvalue weighted by molar-refractivity contribution is 6.02. The molecule has 0 bridgehead atoms. The number of carbonyl (C=O) groups excluding carboxylic acids is 2. The van der Waals surface area contributed by atoms with Crippen molar-refractivity contribution < 1.29 is 23.8 Å². The lowest BCUT2D eigenvalue weighted by Crippen LogP contribution is -2.11. The number of ether oxygens (including phenoxy) is 3. The number of nitrogens with one attached hydrogen (secondary N) is 1. The van der Waals surface area contributed by atoms with Gasteiger partial charge in [-0.15, -0.1) is 0 Å². The van der Waals surface area contributed by atoms with Crippen molar-refractivity contribution >= 4 is 23.6 Å². The fraction of sp³-hybridized carbons (Fsp3) is 0.385. The van der Waals surface area contributed by atoms with Crippen LogP contribution in [0.2, 0.25) is 0 Å². The van der Waals surface area contributed by atoms with Crippen molar-refractivity contribution in [2.45, 2.75) is 40.5 Å². The van der Waals surface area contributed by atoms with Crippen LogP contribution in [0.15, 0.2) is 48.5 Å². The van der Waals surface area contributed by atoms with Gasteiger partial charge >= 0.3 is 5.97 Å². The lowest BCUT2D eigenvalue weighted by molar-refractivity contribution is -0.111. The summed E-state index contributed by atoms with van der Waals surface area (Å²) in [5, 5.41) is 2.78. The number of amides is 1. The summed E-state index contributed by atoms with van der Waals surface area (Å²) in [6, 6.07) is 12.2. The zero-order valence-corrected chi connectivity index (χ0v) is 19.4. The Kier molecular flexibility index (Phi) is 10.3. The zero-order chi connectivity index (χ0) is 23.3. The van der Waals surface area contributed by atoms with Crippen LogP contribution in [0.4, 0.5) is 5.69 Å². The molecule has 1 amide bonds. The van der Waals surface area contributed by atoms with Gasteiger partial charge in [0.1, 0.15) is 0 Å². The molecule has 0 aliphatic heterocycles. The second kappa shape index (κ2) is 13.2. The van der Waals surface area contributed by atoms with Gasteiger partial charge in [-0.1, -0.05) is 33.3 Å². The van der Waals surface area contributed by atoms with Crippen molar-refractivity contribution in [2.24, 2.45) is 5.92 Å². The molecule has 2 aromatic carbocycles. The molecule has 0 fully saturated rings. The van der Waals surface area contributed by atoms with E-state index in [0.717, 1.165) is 18.4 Å². The standard InChI is InChI=1S/C26H33NO5/c1-5-7-16-31-23-14-8-20(17-24(23)30-6-2)9-15-25(28)27-22-12-10-21(11-13-22)26(29)32-18-19(3)4/h8-15,17,19H,5-7,16,18H2,1-4H3,(H,27,28)/b15-9+. The third-order valence-corrected chi connectivity index (χ3v) is 4.39. The quantitative estimate of drug-likeness (QED) is 0.260. The van der Waals surface area contributed by atoms with E-state index in [4.69, 9.17) is 14.2 Å². The Morgan fingerprint density at radius 3 is 2.41 bits per heavy atom. The largest absolute Gasteiger partial charge is 0.490 e. The predicted molar refractivity (Wildman–Crippen MR) is 127 cm³/mol. The molecule has 0 aliphatic rings. The van der Waals surface area contributed by atoms with E-state index in [9.17, 15) is 9.59 Å². The second-order valence-corrected chi connectivity index (χ2v) is 7.73. The molecular weight excluding hydrogens is 406 g/mol. The van der Waals surface area contributed by atoms with Gasteiger partial charge in [-0.25, -0.2) is 4.79 Å². The summed E-state index contributed by atoms with van der Waals surface area (Å²) in [5.74, 6) is 0.990. The van der Waals surface area contributed by atoms with Crippen LogP contribution >= 0.6 is 0 Å².